The van der Waals surface area contributed by atoms with Crippen molar-refractivity contribution >= 4 is 17.3 Å². The van der Waals surface area contributed by atoms with Crippen molar-refractivity contribution in [2.75, 3.05) is 36.0 Å². The fourth-order valence-corrected chi connectivity index (χ4v) is 2.92. The lowest BCUT2D eigenvalue weighted by atomic mass is 10.2. The van der Waals surface area contributed by atoms with Gasteiger partial charge < -0.3 is 15.1 Å². The van der Waals surface area contributed by atoms with Crippen molar-refractivity contribution in [3.05, 3.63) is 54.1 Å². The highest BCUT2D eigenvalue weighted by Gasteiger charge is 2.18. The highest BCUT2D eigenvalue weighted by molar-refractivity contribution is 5.92. The number of nitrogens with zero attached hydrogens (tertiary/aromatic N) is 3. The topological polar surface area (TPSA) is 48.5 Å². The third-order valence-corrected chi connectivity index (χ3v) is 4.24. The lowest BCUT2D eigenvalue weighted by Gasteiger charge is -2.37. The van der Waals surface area contributed by atoms with Gasteiger partial charge in [0.15, 0.2) is 0 Å². The largest absolute Gasteiger partial charge is 0.368 e. The zero-order valence-electron chi connectivity index (χ0n) is 14.6. The molecule has 1 aromatic heterocycles. The number of piperazine rings is 1. The first-order chi connectivity index (χ1) is 12.0. The fraction of sp³-hybridized carbons (Fsp3) is 0.368. The standard InChI is InChI=1S/C19H23FN4O/c1-14(2)22-19(25)18-8-7-17(13-21-18)24-11-9-23(10-12-24)16-5-3-15(20)4-6-16/h3-8,13-14H,9-12H2,1-2H3,(H,22,25). The number of hydrogen-bond acceptors (Lipinski definition) is 4. The number of benzene rings is 1. The van der Waals surface area contributed by atoms with Gasteiger partial charge in [-0.15, -0.1) is 0 Å². The van der Waals surface area contributed by atoms with Crippen molar-refractivity contribution < 1.29 is 9.18 Å². The van der Waals surface area contributed by atoms with Crippen molar-refractivity contribution in [3.63, 3.8) is 0 Å². The summed E-state index contributed by atoms with van der Waals surface area (Å²) in [4.78, 5) is 20.7. The third kappa shape index (κ3) is 4.26. The number of nitrogens with one attached hydrogen (secondary N) is 1. The Morgan fingerprint density at radius 1 is 1.00 bits per heavy atom. The molecule has 0 atom stereocenters. The fourth-order valence-electron chi connectivity index (χ4n) is 2.92. The Morgan fingerprint density at radius 3 is 2.08 bits per heavy atom. The van der Waals surface area contributed by atoms with Gasteiger partial charge >= 0.3 is 0 Å². The van der Waals surface area contributed by atoms with Crippen LogP contribution in [0, 0.1) is 5.82 Å². The van der Waals surface area contributed by atoms with Crippen LogP contribution in [0.15, 0.2) is 42.6 Å². The number of carbonyl (C=O) groups excluding carboxylic acids is 1. The van der Waals surface area contributed by atoms with Gasteiger partial charge in [-0.3, -0.25) is 4.79 Å². The Labute approximate surface area is 147 Å². The molecule has 1 amide bonds. The van der Waals surface area contributed by atoms with Gasteiger partial charge in [0.1, 0.15) is 11.5 Å². The van der Waals surface area contributed by atoms with E-state index in [1.807, 2.05) is 32.0 Å². The third-order valence-electron chi connectivity index (χ3n) is 4.24. The van der Waals surface area contributed by atoms with Gasteiger partial charge in [-0.25, -0.2) is 9.37 Å². The molecule has 0 radical (unpaired) electrons. The molecule has 0 unspecified atom stereocenters. The van der Waals surface area contributed by atoms with Gasteiger partial charge in [0.05, 0.1) is 11.9 Å². The summed E-state index contributed by atoms with van der Waals surface area (Å²) in [5.74, 6) is -0.363. The molecule has 0 bridgehead atoms. The Balaban J connectivity index is 1.59. The maximum atomic E-state index is 13.0. The minimum atomic E-state index is -0.213. The molecule has 1 saturated heterocycles. The van der Waals surface area contributed by atoms with Gasteiger partial charge in [-0.2, -0.15) is 0 Å². The first-order valence-corrected chi connectivity index (χ1v) is 8.55. The summed E-state index contributed by atoms with van der Waals surface area (Å²) in [5.41, 5.74) is 2.49. The minimum Gasteiger partial charge on any atom is -0.368 e. The van der Waals surface area contributed by atoms with Crippen LogP contribution < -0.4 is 15.1 Å². The molecule has 1 N–H and O–H groups in total. The molecule has 0 spiro atoms. The lowest BCUT2D eigenvalue weighted by Crippen LogP contribution is -2.46. The molecule has 2 aromatic rings. The molecule has 1 fully saturated rings. The average Bonchev–Trinajstić information content (AvgIpc) is 2.62. The van der Waals surface area contributed by atoms with Crippen molar-refractivity contribution in [1.82, 2.24) is 10.3 Å². The van der Waals surface area contributed by atoms with Gasteiger partial charge in [0.25, 0.3) is 5.91 Å². The van der Waals surface area contributed by atoms with E-state index >= 15 is 0 Å². The van der Waals surface area contributed by atoms with Crippen LogP contribution in [0.5, 0.6) is 0 Å². The monoisotopic (exact) mass is 342 g/mol. The van der Waals surface area contributed by atoms with Crippen LogP contribution in [0.3, 0.4) is 0 Å². The molecule has 132 valence electrons. The molecule has 0 aliphatic carbocycles. The normalized spacial score (nSPS) is 14.7. The maximum absolute atomic E-state index is 13.0. The molecule has 2 heterocycles. The summed E-state index contributed by atoms with van der Waals surface area (Å²) in [5, 5.41) is 2.84. The Bertz CT molecular complexity index is 707. The number of carbonyl (C=O) groups is 1. The van der Waals surface area contributed by atoms with E-state index in [9.17, 15) is 9.18 Å². The number of halogens is 1. The van der Waals surface area contributed by atoms with Gasteiger partial charge in [-0.05, 0) is 50.2 Å². The molecule has 6 heteroatoms. The summed E-state index contributed by atoms with van der Waals surface area (Å²) >= 11 is 0. The first kappa shape index (κ1) is 17.2. The van der Waals surface area contributed by atoms with Crippen LogP contribution in [0.2, 0.25) is 0 Å². The van der Waals surface area contributed by atoms with Crippen LogP contribution in [-0.4, -0.2) is 43.1 Å². The first-order valence-electron chi connectivity index (χ1n) is 8.55. The van der Waals surface area contributed by atoms with Gasteiger partial charge in [0.2, 0.25) is 0 Å². The molecular formula is C19H23FN4O. The molecule has 1 aliphatic heterocycles. The van der Waals surface area contributed by atoms with Gasteiger partial charge in [0, 0.05) is 37.9 Å². The van der Waals surface area contributed by atoms with Crippen molar-refractivity contribution in [1.29, 1.82) is 0 Å². The predicted octanol–water partition coefficient (Wildman–Crippen LogP) is 2.69. The zero-order valence-corrected chi connectivity index (χ0v) is 14.6. The lowest BCUT2D eigenvalue weighted by molar-refractivity contribution is 0.0938. The molecular weight excluding hydrogens is 319 g/mol. The van der Waals surface area contributed by atoms with E-state index in [1.54, 1.807) is 12.3 Å². The number of anilines is 2. The van der Waals surface area contributed by atoms with E-state index in [0.29, 0.717) is 5.69 Å². The van der Waals surface area contributed by atoms with E-state index < -0.39 is 0 Å². The Morgan fingerprint density at radius 2 is 1.56 bits per heavy atom. The quantitative estimate of drug-likeness (QED) is 0.928. The van der Waals surface area contributed by atoms with E-state index in [0.717, 1.165) is 37.6 Å². The second-order valence-corrected chi connectivity index (χ2v) is 6.48. The molecule has 25 heavy (non-hydrogen) atoms. The van der Waals surface area contributed by atoms with Crippen molar-refractivity contribution in [2.45, 2.75) is 19.9 Å². The molecule has 1 aliphatic rings. The highest BCUT2D eigenvalue weighted by atomic mass is 19.1. The van der Waals surface area contributed by atoms with Crippen LogP contribution in [-0.2, 0) is 0 Å². The summed E-state index contributed by atoms with van der Waals surface area (Å²) in [6, 6.07) is 10.4. The smallest absolute Gasteiger partial charge is 0.270 e. The van der Waals surface area contributed by atoms with Crippen LogP contribution >= 0.6 is 0 Å². The van der Waals surface area contributed by atoms with Crippen LogP contribution in [0.25, 0.3) is 0 Å². The summed E-state index contributed by atoms with van der Waals surface area (Å²) in [6.07, 6.45) is 1.75. The number of amides is 1. The zero-order chi connectivity index (χ0) is 17.8. The van der Waals surface area contributed by atoms with E-state index in [-0.39, 0.29) is 17.8 Å². The second-order valence-electron chi connectivity index (χ2n) is 6.48. The number of hydrogen-bond donors (Lipinski definition) is 1. The van der Waals surface area contributed by atoms with Gasteiger partial charge in [-0.1, -0.05) is 0 Å². The Kier molecular flexibility index (Phi) is 5.16. The van der Waals surface area contributed by atoms with Crippen molar-refractivity contribution in [2.24, 2.45) is 0 Å². The summed E-state index contributed by atoms with van der Waals surface area (Å²) in [6.45, 7) is 7.29. The SMILES string of the molecule is CC(C)NC(=O)c1ccc(N2CCN(c3ccc(F)cc3)CC2)cn1. The number of pyridine rings is 1. The minimum absolute atomic E-state index is 0.0912. The number of aromatic nitrogens is 1. The molecule has 0 saturated carbocycles. The molecule has 3 rings (SSSR count). The van der Waals surface area contributed by atoms with Crippen LogP contribution in [0.1, 0.15) is 24.3 Å². The van der Waals surface area contributed by atoms with Crippen LogP contribution in [0.4, 0.5) is 15.8 Å². The van der Waals surface area contributed by atoms with E-state index in [4.69, 9.17) is 0 Å². The maximum Gasteiger partial charge on any atom is 0.270 e. The highest BCUT2D eigenvalue weighted by Crippen LogP contribution is 2.20. The van der Waals surface area contributed by atoms with E-state index in [2.05, 4.69) is 20.1 Å². The van der Waals surface area contributed by atoms with Crippen molar-refractivity contribution in [3.8, 4) is 0 Å². The molecule has 5 nitrogen and oxygen atoms in total. The number of rotatable bonds is 4. The second kappa shape index (κ2) is 7.51. The summed E-state index contributed by atoms with van der Waals surface area (Å²) in [7, 11) is 0. The Hall–Kier alpha value is -2.63. The predicted molar refractivity (Wildman–Crippen MR) is 97.7 cm³/mol. The summed E-state index contributed by atoms with van der Waals surface area (Å²) < 4.78 is 13.0. The van der Waals surface area contributed by atoms with E-state index in [1.165, 1.54) is 12.1 Å². The average molecular weight is 342 g/mol. The molecule has 1 aromatic carbocycles.